The second-order valence-corrected chi connectivity index (χ2v) is 9.45. The molecule has 1 aliphatic heterocycles. The summed E-state index contributed by atoms with van der Waals surface area (Å²) in [4.78, 5) is 25.3. The van der Waals surface area contributed by atoms with Crippen molar-refractivity contribution >= 4 is 11.0 Å². The lowest BCUT2D eigenvalue weighted by molar-refractivity contribution is 0.257. The van der Waals surface area contributed by atoms with Crippen LogP contribution in [0.4, 0.5) is 0 Å². The number of aromatic hydroxyl groups is 1. The summed E-state index contributed by atoms with van der Waals surface area (Å²) in [7, 11) is 2.11. The molecular weight excluding hydrogens is 438 g/mol. The topological polar surface area (TPSA) is 83.3 Å². The van der Waals surface area contributed by atoms with Crippen LogP contribution < -0.4 is 10.9 Å². The summed E-state index contributed by atoms with van der Waals surface area (Å²) in [5.74, 6) is 0.0984. The predicted octanol–water partition coefficient (Wildman–Crippen LogP) is 4.04. The predicted molar refractivity (Wildman–Crippen MR) is 139 cm³/mol. The van der Waals surface area contributed by atoms with Crippen molar-refractivity contribution in [2.24, 2.45) is 0 Å². The normalized spacial score (nSPS) is 16.1. The summed E-state index contributed by atoms with van der Waals surface area (Å²) >= 11 is 0. The second kappa shape index (κ2) is 9.98. The largest absolute Gasteiger partial charge is 0.508 e. The Bertz CT molecular complexity index is 1410. The molecule has 0 saturated carbocycles. The number of benzene rings is 2. The maximum absolute atomic E-state index is 13.9. The van der Waals surface area contributed by atoms with Crippen LogP contribution in [-0.2, 0) is 6.54 Å². The van der Waals surface area contributed by atoms with Crippen molar-refractivity contribution in [3.05, 3.63) is 82.5 Å². The second-order valence-electron chi connectivity index (χ2n) is 9.45. The Hall–Kier alpha value is -3.55. The summed E-state index contributed by atoms with van der Waals surface area (Å²) in [5, 5.41) is 14.1. The van der Waals surface area contributed by atoms with Gasteiger partial charge >= 0.3 is 0 Å². The quantitative estimate of drug-likeness (QED) is 0.444. The van der Waals surface area contributed by atoms with Gasteiger partial charge in [0.15, 0.2) is 5.65 Å². The number of likely N-dealkylation sites (N-methyl/N-ethyl adjacent to an activating group) is 1. The molecular formula is C28H31N5O2. The van der Waals surface area contributed by atoms with Gasteiger partial charge in [-0.3, -0.25) is 9.36 Å². The van der Waals surface area contributed by atoms with E-state index in [2.05, 4.69) is 46.3 Å². The van der Waals surface area contributed by atoms with Crippen LogP contribution in [0.2, 0.25) is 0 Å². The molecule has 0 aliphatic carbocycles. The van der Waals surface area contributed by atoms with E-state index < -0.39 is 0 Å². The van der Waals surface area contributed by atoms with Gasteiger partial charge in [-0.1, -0.05) is 36.8 Å². The molecule has 180 valence electrons. The van der Waals surface area contributed by atoms with Crippen LogP contribution in [0.1, 0.15) is 30.4 Å². The molecule has 0 spiro atoms. The van der Waals surface area contributed by atoms with E-state index in [-0.39, 0.29) is 11.3 Å². The molecule has 2 aromatic carbocycles. The minimum atomic E-state index is -0.192. The Kier molecular flexibility index (Phi) is 6.61. The molecule has 35 heavy (non-hydrogen) atoms. The zero-order chi connectivity index (χ0) is 24.4. The van der Waals surface area contributed by atoms with Crippen LogP contribution in [0, 0.1) is 6.92 Å². The monoisotopic (exact) mass is 469 g/mol. The highest BCUT2D eigenvalue weighted by Gasteiger charge is 2.21. The number of piperidine rings is 1. The molecule has 1 saturated heterocycles. The third kappa shape index (κ3) is 4.83. The third-order valence-electron chi connectivity index (χ3n) is 6.81. The van der Waals surface area contributed by atoms with Gasteiger partial charge < -0.3 is 15.3 Å². The number of fused-ring (bicyclic) bond motifs is 1. The van der Waals surface area contributed by atoms with Crippen molar-refractivity contribution in [3.63, 3.8) is 0 Å². The summed E-state index contributed by atoms with van der Waals surface area (Å²) in [6.45, 7) is 4.64. The molecule has 1 aliphatic rings. The fourth-order valence-electron chi connectivity index (χ4n) is 5.03. The zero-order valence-corrected chi connectivity index (χ0v) is 20.2. The van der Waals surface area contributed by atoms with E-state index in [0.717, 1.165) is 41.8 Å². The average Bonchev–Trinajstić information content (AvgIpc) is 2.85. The van der Waals surface area contributed by atoms with E-state index in [4.69, 9.17) is 0 Å². The minimum Gasteiger partial charge on any atom is -0.508 e. The van der Waals surface area contributed by atoms with E-state index in [9.17, 15) is 9.90 Å². The van der Waals surface area contributed by atoms with Crippen LogP contribution in [-0.4, -0.2) is 50.7 Å². The summed E-state index contributed by atoms with van der Waals surface area (Å²) in [6.07, 6.45) is 6.97. The van der Waals surface area contributed by atoms with Gasteiger partial charge in [0.25, 0.3) is 5.56 Å². The number of phenols is 1. The van der Waals surface area contributed by atoms with E-state index in [0.29, 0.717) is 29.3 Å². The van der Waals surface area contributed by atoms with Crippen LogP contribution in [0.25, 0.3) is 27.8 Å². The molecule has 1 unspecified atom stereocenters. The first kappa shape index (κ1) is 23.2. The molecule has 7 nitrogen and oxygen atoms in total. The fourth-order valence-corrected chi connectivity index (χ4v) is 5.03. The average molecular weight is 470 g/mol. The molecule has 1 atom stereocenters. The Labute approximate surface area is 205 Å². The Morgan fingerprint density at radius 3 is 2.74 bits per heavy atom. The molecule has 0 radical (unpaired) electrons. The van der Waals surface area contributed by atoms with Crippen LogP contribution in [0.15, 0.2) is 65.8 Å². The van der Waals surface area contributed by atoms with Gasteiger partial charge in [0.1, 0.15) is 12.1 Å². The number of aryl methyl sites for hydroxylation is 1. The number of phenolic OH excluding ortho intramolecular Hbond substituents is 1. The van der Waals surface area contributed by atoms with Gasteiger partial charge in [-0.25, -0.2) is 9.97 Å². The van der Waals surface area contributed by atoms with Crippen molar-refractivity contribution in [1.29, 1.82) is 0 Å². The van der Waals surface area contributed by atoms with Crippen molar-refractivity contribution in [2.75, 3.05) is 20.1 Å². The fraction of sp³-hybridized carbons (Fsp3) is 0.321. The molecule has 2 N–H and O–H groups in total. The van der Waals surface area contributed by atoms with Crippen LogP contribution >= 0.6 is 0 Å². The van der Waals surface area contributed by atoms with Crippen LogP contribution in [0.5, 0.6) is 5.75 Å². The summed E-state index contributed by atoms with van der Waals surface area (Å²) in [6, 6.07) is 15.3. The first-order chi connectivity index (χ1) is 17.0. The van der Waals surface area contributed by atoms with E-state index in [1.165, 1.54) is 23.7 Å². The lowest BCUT2D eigenvalue weighted by atomic mass is 9.95. The summed E-state index contributed by atoms with van der Waals surface area (Å²) in [5.41, 5.74) is 4.88. The molecule has 1 fully saturated rings. The Balaban J connectivity index is 1.66. The molecule has 5 rings (SSSR count). The van der Waals surface area contributed by atoms with Gasteiger partial charge in [0.2, 0.25) is 0 Å². The number of rotatable bonds is 6. The number of aromatic nitrogens is 3. The zero-order valence-electron chi connectivity index (χ0n) is 20.2. The van der Waals surface area contributed by atoms with Crippen molar-refractivity contribution in [3.8, 4) is 22.6 Å². The number of pyridine rings is 1. The highest BCUT2D eigenvalue weighted by Crippen LogP contribution is 2.30. The molecule has 2 aromatic heterocycles. The van der Waals surface area contributed by atoms with E-state index >= 15 is 0 Å². The van der Waals surface area contributed by atoms with Gasteiger partial charge in [-0.2, -0.15) is 0 Å². The highest BCUT2D eigenvalue weighted by atomic mass is 16.3. The van der Waals surface area contributed by atoms with E-state index in [1.807, 2.05) is 18.3 Å². The van der Waals surface area contributed by atoms with Gasteiger partial charge in [-0.15, -0.1) is 0 Å². The number of nitrogens with zero attached hydrogens (tertiary/aromatic N) is 4. The maximum Gasteiger partial charge on any atom is 0.267 e. The molecule has 7 heteroatoms. The van der Waals surface area contributed by atoms with Crippen LogP contribution in [0.3, 0.4) is 0 Å². The highest BCUT2D eigenvalue weighted by molar-refractivity contribution is 5.86. The molecule has 0 amide bonds. The van der Waals surface area contributed by atoms with Gasteiger partial charge in [0, 0.05) is 37.0 Å². The third-order valence-corrected chi connectivity index (χ3v) is 6.81. The first-order valence-corrected chi connectivity index (χ1v) is 12.2. The maximum atomic E-state index is 13.9. The standard InChI is InChI=1S/C28H31N5O2/c1-19-8-3-4-12-23(19)24-15-30-27-26(25(24)17-32(2)16-20-9-5-6-13-29-20)28(35)33(18-31-27)21-10-7-11-22(34)14-21/h3-4,7-8,10-12,14-15,18,20,29,34H,5-6,9,13,16-17H2,1-2H3. The number of hydrogen-bond donors (Lipinski definition) is 2. The SMILES string of the molecule is Cc1ccccc1-c1cnc2ncn(-c3cccc(O)c3)c(=O)c2c1CN(C)CC1CCCCN1. The van der Waals surface area contributed by atoms with Gasteiger partial charge in [0.05, 0.1) is 11.1 Å². The minimum absolute atomic E-state index is 0.0984. The molecule has 3 heterocycles. The molecule has 0 bridgehead atoms. The number of nitrogens with one attached hydrogen (secondary N) is 1. The first-order valence-electron chi connectivity index (χ1n) is 12.2. The Morgan fingerprint density at radius 1 is 1.11 bits per heavy atom. The lowest BCUT2D eigenvalue weighted by Crippen LogP contribution is -2.42. The van der Waals surface area contributed by atoms with Crippen molar-refractivity contribution in [2.45, 2.75) is 38.8 Å². The lowest BCUT2D eigenvalue weighted by Gasteiger charge is -2.29. The van der Waals surface area contributed by atoms with Crippen molar-refractivity contribution < 1.29 is 5.11 Å². The number of hydrogen-bond acceptors (Lipinski definition) is 6. The van der Waals surface area contributed by atoms with Crippen molar-refractivity contribution in [1.82, 2.24) is 24.8 Å². The van der Waals surface area contributed by atoms with E-state index in [1.54, 1.807) is 24.3 Å². The summed E-state index contributed by atoms with van der Waals surface area (Å²) < 4.78 is 1.48. The van der Waals surface area contributed by atoms with Gasteiger partial charge in [-0.05, 0) is 62.2 Å². The Morgan fingerprint density at radius 2 is 1.97 bits per heavy atom. The molecule has 4 aromatic rings. The smallest absolute Gasteiger partial charge is 0.267 e.